The number of hydrogen-bond acceptors (Lipinski definition) is 6. The lowest BCUT2D eigenvalue weighted by Crippen LogP contribution is -2.35. The molecule has 0 bridgehead atoms. The minimum atomic E-state index is -1.03. The summed E-state index contributed by atoms with van der Waals surface area (Å²) in [5.74, 6) is 0.251. The molecule has 3 N–H and O–H groups in total. The van der Waals surface area contributed by atoms with Crippen LogP contribution in [0.15, 0.2) is 24.3 Å². The van der Waals surface area contributed by atoms with Crippen LogP contribution in [0.1, 0.15) is 6.42 Å². The van der Waals surface area contributed by atoms with Crippen molar-refractivity contribution in [2.75, 3.05) is 32.9 Å². The Morgan fingerprint density at radius 2 is 1.95 bits per heavy atom. The van der Waals surface area contributed by atoms with Gasteiger partial charge < -0.3 is 29.7 Å². The Morgan fingerprint density at radius 1 is 1.29 bits per heavy atom. The third kappa shape index (κ3) is 6.09. The molecule has 0 unspecified atom stereocenters. The highest BCUT2D eigenvalue weighted by Gasteiger charge is 2.22. The number of ether oxygens (including phenoxy) is 3. The van der Waals surface area contributed by atoms with Gasteiger partial charge in [-0.2, -0.15) is 0 Å². The van der Waals surface area contributed by atoms with Gasteiger partial charge in [-0.1, -0.05) is 0 Å². The molecule has 2 atom stereocenters. The maximum Gasteiger partial charge on any atom is 0.253 e. The zero-order chi connectivity index (χ0) is 15.7. The molecular formula is C14H21NO6. The van der Waals surface area contributed by atoms with Gasteiger partial charge in [-0.05, 0) is 24.3 Å². The smallest absolute Gasteiger partial charge is 0.253 e. The summed E-state index contributed by atoms with van der Waals surface area (Å²) in [6.45, 7) is -0.526. The molecule has 7 nitrogen and oxygen atoms in total. The fourth-order valence-corrected chi connectivity index (χ4v) is 1.62. The fraction of sp³-hybridized carbons (Fsp3) is 0.500. The van der Waals surface area contributed by atoms with E-state index in [0.717, 1.165) is 0 Å². The lowest BCUT2D eigenvalue weighted by Gasteiger charge is -2.19. The lowest BCUT2D eigenvalue weighted by molar-refractivity contribution is -0.140. The highest BCUT2D eigenvalue weighted by Crippen LogP contribution is 2.16. The summed E-state index contributed by atoms with van der Waals surface area (Å²) in [5.41, 5.74) is 0.574. The Balaban J connectivity index is 2.64. The summed E-state index contributed by atoms with van der Waals surface area (Å²) in [5, 5.41) is 21.0. The van der Waals surface area contributed by atoms with Crippen LogP contribution in [0.5, 0.6) is 5.75 Å². The molecule has 0 fully saturated rings. The Bertz CT molecular complexity index is 422. The summed E-state index contributed by atoms with van der Waals surface area (Å²) < 4.78 is 15.0. The van der Waals surface area contributed by atoms with Crippen molar-refractivity contribution in [3.63, 3.8) is 0 Å². The molecule has 0 aliphatic carbocycles. The van der Waals surface area contributed by atoms with E-state index in [4.69, 9.17) is 19.3 Å². The van der Waals surface area contributed by atoms with Gasteiger partial charge in [-0.3, -0.25) is 4.79 Å². The molecule has 118 valence electrons. The van der Waals surface area contributed by atoms with E-state index in [1.165, 1.54) is 7.11 Å². The number of carbonyl (C=O) groups is 1. The van der Waals surface area contributed by atoms with Crippen LogP contribution in [-0.2, 0) is 14.3 Å². The number of nitrogens with one attached hydrogen (secondary N) is 1. The minimum absolute atomic E-state index is 0.0259. The van der Waals surface area contributed by atoms with E-state index in [2.05, 4.69) is 5.32 Å². The zero-order valence-electron chi connectivity index (χ0n) is 12.1. The number of methoxy groups -OCH3 is 2. The monoisotopic (exact) mass is 299 g/mol. The molecule has 0 aromatic heterocycles. The van der Waals surface area contributed by atoms with E-state index in [-0.39, 0.29) is 13.2 Å². The second-order valence-corrected chi connectivity index (χ2v) is 4.35. The summed E-state index contributed by atoms with van der Waals surface area (Å²) in [6, 6.07) is 6.80. The third-order valence-corrected chi connectivity index (χ3v) is 2.73. The van der Waals surface area contributed by atoms with Crippen LogP contribution in [0.4, 0.5) is 5.69 Å². The van der Waals surface area contributed by atoms with Gasteiger partial charge in [0.25, 0.3) is 5.91 Å². The summed E-state index contributed by atoms with van der Waals surface area (Å²) in [4.78, 5) is 12.1. The third-order valence-electron chi connectivity index (χ3n) is 2.73. The first-order valence-corrected chi connectivity index (χ1v) is 6.45. The number of amides is 1. The largest absolute Gasteiger partial charge is 0.497 e. The van der Waals surface area contributed by atoms with E-state index >= 15 is 0 Å². The number of anilines is 1. The topological polar surface area (TPSA) is 97.3 Å². The summed E-state index contributed by atoms with van der Waals surface area (Å²) >= 11 is 0. The molecular weight excluding hydrogens is 278 g/mol. The predicted molar refractivity (Wildman–Crippen MR) is 76.1 cm³/mol. The number of aliphatic hydroxyl groups is 2. The Morgan fingerprint density at radius 3 is 2.48 bits per heavy atom. The van der Waals surface area contributed by atoms with Gasteiger partial charge in [-0.15, -0.1) is 0 Å². The maximum atomic E-state index is 12.1. The highest BCUT2D eigenvalue weighted by atomic mass is 16.7. The standard InChI is InChI=1S/C14H21NO6/c1-19-9-21-13(7-11(17)8-16)14(18)15-10-3-5-12(20-2)6-4-10/h3-6,11,13,16-17H,7-9H2,1-2H3,(H,15,18)/t11-,13+/m0/s1. The molecule has 1 aromatic rings. The van der Waals surface area contributed by atoms with E-state index in [0.29, 0.717) is 11.4 Å². The predicted octanol–water partition coefficient (Wildman–Crippen LogP) is 0.366. The quantitative estimate of drug-likeness (QED) is 0.570. The van der Waals surface area contributed by atoms with Gasteiger partial charge in [0.1, 0.15) is 18.6 Å². The van der Waals surface area contributed by atoms with Gasteiger partial charge in [0, 0.05) is 19.2 Å². The minimum Gasteiger partial charge on any atom is -0.497 e. The van der Waals surface area contributed by atoms with Crippen LogP contribution < -0.4 is 10.1 Å². The molecule has 0 spiro atoms. The number of hydrogen-bond donors (Lipinski definition) is 3. The lowest BCUT2D eigenvalue weighted by atomic mass is 10.1. The molecule has 1 rings (SSSR count). The number of aliphatic hydroxyl groups excluding tert-OH is 2. The molecule has 7 heteroatoms. The van der Waals surface area contributed by atoms with Gasteiger partial charge >= 0.3 is 0 Å². The van der Waals surface area contributed by atoms with Crippen LogP contribution >= 0.6 is 0 Å². The van der Waals surface area contributed by atoms with Crippen LogP contribution in [0.25, 0.3) is 0 Å². The van der Waals surface area contributed by atoms with Crippen LogP contribution in [0, 0.1) is 0 Å². The van der Waals surface area contributed by atoms with Gasteiger partial charge in [0.05, 0.1) is 19.8 Å². The number of benzene rings is 1. The molecule has 1 amide bonds. The van der Waals surface area contributed by atoms with Crippen molar-refractivity contribution in [1.82, 2.24) is 0 Å². The Hall–Kier alpha value is -1.67. The number of rotatable bonds is 9. The van der Waals surface area contributed by atoms with Crippen molar-refractivity contribution in [3.8, 4) is 5.75 Å². The SMILES string of the molecule is COCO[C@H](C[C@H](O)CO)C(=O)Nc1ccc(OC)cc1. The molecule has 0 aliphatic rings. The molecule has 0 saturated heterocycles. The molecule has 0 aliphatic heterocycles. The molecule has 0 saturated carbocycles. The van der Waals surface area contributed by atoms with Crippen molar-refractivity contribution in [3.05, 3.63) is 24.3 Å². The van der Waals surface area contributed by atoms with Gasteiger partial charge in [-0.25, -0.2) is 0 Å². The first kappa shape index (κ1) is 17.4. The van der Waals surface area contributed by atoms with E-state index in [1.807, 2.05) is 0 Å². The van der Waals surface area contributed by atoms with Gasteiger partial charge in [0.2, 0.25) is 0 Å². The second kappa shape index (κ2) is 9.30. The normalized spacial score (nSPS) is 13.5. The van der Waals surface area contributed by atoms with Crippen molar-refractivity contribution >= 4 is 11.6 Å². The highest BCUT2D eigenvalue weighted by molar-refractivity contribution is 5.94. The van der Waals surface area contributed by atoms with E-state index in [9.17, 15) is 9.90 Å². The van der Waals surface area contributed by atoms with Crippen molar-refractivity contribution in [1.29, 1.82) is 0 Å². The maximum absolute atomic E-state index is 12.1. The fourth-order valence-electron chi connectivity index (χ4n) is 1.62. The first-order valence-electron chi connectivity index (χ1n) is 6.45. The number of carbonyl (C=O) groups excluding carboxylic acids is 1. The van der Waals surface area contributed by atoms with Gasteiger partial charge in [0.15, 0.2) is 0 Å². The van der Waals surface area contributed by atoms with Crippen molar-refractivity contribution in [2.45, 2.75) is 18.6 Å². The summed E-state index contributed by atoms with van der Waals surface area (Å²) in [6.07, 6.45) is -1.98. The first-order chi connectivity index (χ1) is 10.1. The summed E-state index contributed by atoms with van der Waals surface area (Å²) in [7, 11) is 2.99. The molecule has 21 heavy (non-hydrogen) atoms. The van der Waals surface area contributed by atoms with Crippen LogP contribution in [0.3, 0.4) is 0 Å². The van der Waals surface area contributed by atoms with Crippen LogP contribution in [0.2, 0.25) is 0 Å². The Labute approximate surface area is 123 Å². The molecule has 0 radical (unpaired) electrons. The average Bonchev–Trinajstić information content (AvgIpc) is 2.51. The van der Waals surface area contributed by atoms with Crippen molar-refractivity contribution < 1.29 is 29.2 Å². The zero-order valence-corrected chi connectivity index (χ0v) is 12.1. The van der Waals surface area contributed by atoms with E-state index in [1.54, 1.807) is 31.4 Å². The molecule has 0 heterocycles. The van der Waals surface area contributed by atoms with Crippen molar-refractivity contribution in [2.24, 2.45) is 0 Å². The Kier molecular flexibility index (Phi) is 7.70. The molecule has 1 aromatic carbocycles. The second-order valence-electron chi connectivity index (χ2n) is 4.35. The average molecular weight is 299 g/mol. The van der Waals surface area contributed by atoms with E-state index < -0.39 is 24.7 Å². The van der Waals surface area contributed by atoms with Crippen LogP contribution in [-0.4, -0.2) is 55.9 Å².